The number of rotatable bonds is 6. The molecule has 1 aliphatic rings. The maximum absolute atomic E-state index is 12.2. The Morgan fingerprint density at radius 2 is 2.11 bits per heavy atom. The number of aliphatic imine (C=N–C) groups is 1. The van der Waals surface area contributed by atoms with Crippen molar-refractivity contribution in [3.63, 3.8) is 0 Å². The van der Waals surface area contributed by atoms with Gasteiger partial charge in [0.2, 0.25) is 0 Å². The first-order chi connectivity index (χ1) is 13.1. The minimum Gasteiger partial charge on any atom is -0.493 e. The van der Waals surface area contributed by atoms with E-state index >= 15 is 0 Å². The van der Waals surface area contributed by atoms with Gasteiger partial charge in [0.15, 0.2) is 16.7 Å². The second kappa shape index (κ2) is 8.79. The largest absolute Gasteiger partial charge is 0.493 e. The summed E-state index contributed by atoms with van der Waals surface area (Å²) in [5.41, 5.74) is 1.50. The van der Waals surface area contributed by atoms with Crippen molar-refractivity contribution >= 4 is 46.2 Å². The van der Waals surface area contributed by atoms with Crippen molar-refractivity contribution in [1.29, 1.82) is 0 Å². The molecule has 0 bridgehead atoms. The average molecular weight is 401 g/mol. The zero-order chi connectivity index (χ0) is 19.2. The molecule has 2 aromatic carbocycles. The van der Waals surface area contributed by atoms with Crippen LogP contribution in [0.2, 0.25) is 5.02 Å². The number of amidine groups is 1. The zero-order valence-electron chi connectivity index (χ0n) is 14.6. The van der Waals surface area contributed by atoms with Crippen molar-refractivity contribution in [3.05, 3.63) is 70.6 Å². The highest BCUT2D eigenvalue weighted by atomic mass is 35.5. The van der Waals surface area contributed by atoms with Crippen LogP contribution < -0.4 is 14.8 Å². The Bertz CT molecular complexity index is 941. The topological polar surface area (TPSA) is 59.9 Å². The van der Waals surface area contributed by atoms with Crippen LogP contribution in [0.5, 0.6) is 11.5 Å². The maximum atomic E-state index is 12.2. The summed E-state index contributed by atoms with van der Waals surface area (Å²) < 4.78 is 10.9. The quantitative estimate of drug-likeness (QED) is 0.558. The molecule has 0 spiro atoms. The number of carbonyl (C=O) groups is 1. The second-order valence-corrected chi connectivity index (χ2v) is 6.94. The van der Waals surface area contributed by atoms with Crippen LogP contribution in [0, 0.1) is 0 Å². The fourth-order valence-corrected chi connectivity index (χ4v) is 3.36. The molecule has 5 nitrogen and oxygen atoms in total. The molecule has 0 aromatic heterocycles. The minimum absolute atomic E-state index is 0.202. The Morgan fingerprint density at radius 3 is 2.85 bits per heavy atom. The molecule has 0 saturated carbocycles. The minimum atomic E-state index is -0.202. The molecular weight excluding hydrogens is 384 g/mol. The van der Waals surface area contributed by atoms with Crippen LogP contribution in [-0.4, -0.2) is 24.8 Å². The summed E-state index contributed by atoms with van der Waals surface area (Å²) in [6.45, 7) is 4.01. The first kappa shape index (κ1) is 19.1. The summed E-state index contributed by atoms with van der Waals surface area (Å²) in [6, 6.07) is 12.6. The van der Waals surface area contributed by atoms with Gasteiger partial charge < -0.3 is 14.8 Å². The van der Waals surface area contributed by atoms with E-state index in [2.05, 4.69) is 16.9 Å². The summed E-state index contributed by atoms with van der Waals surface area (Å²) in [7, 11) is 1.57. The van der Waals surface area contributed by atoms with Gasteiger partial charge >= 0.3 is 0 Å². The first-order valence-corrected chi connectivity index (χ1v) is 9.25. The Kier molecular flexibility index (Phi) is 6.21. The van der Waals surface area contributed by atoms with E-state index in [1.54, 1.807) is 37.5 Å². The predicted molar refractivity (Wildman–Crippen MR) is 111 cm³/mol. The van der Waals surface area contributed by atoms with Crippen molar-refractivity contribution in [2.75, 3.05) is 13.7 Å². The number of halogens is 1. The SMILES string of the molecule is C=CCOc1ccc(/C=C2/SC(=Nc3cccc(Cl)c3)NC2=O)cc1OC. The van der Waals surface area contributed by atoms with Crippen molar-refractivity contribution in [2.45, 2.75) is 0 Å². The van der Waals surface area contributed by atoms with Crippen LogP contribution in [0.4, 0.5) is 5.69 Å². The number of hydrogen-bond donors (Lipinski definition) is 1. The van der Waals surface area contributed by atoms with E-state index in [1.165, 1.54) is 11.8 Å². The van der Waals surface area contributed by atoms with E-state index in [0.717, 1.165) is 5.56 Å². The summed E-state index contributed by atoms with van der Waals surface area (Å²) in [5, 5.41) is 3.85. The highest BCUT2D eigenvalue weighted by Gasteiger charge is 2.24. The molecule has 1 aliphatic heterocycles. The van der Waals surface area contributed by atoms with E-state index < -0.39 is 0 Å². The number of benzene rings is 2. The van der Waals surface area contributed by atoms with Gasteiger partial charge in [-0.05, 0) is 53.7 Å². The lowest BCUT2D eigenvalue weighted by molar-refractivity contribution is -0.115. The second-order valence-electron chi connectivity index (χ2n) is 5.47. The molecule has 27 heavy (non-hydrogen) atoms. The van der Waals surface area contributed by atoms with Gasteiger partial charge in [-0.2, -0.15) is 0 Å². The van der Waals surface area contributed by atoms with Gasteiger partial charge in [-0.1, -0.05) is 36.4 Å². The third-order valence-electron chi connectivity index (χ3n) is 3.53. The number of methoxy groups -OCH3 is 1. The fraction of sp³-hybridized carbons (Fsp3) is 0.100. The summed E-state index contributed by atoms with van der Waals surface area (Å²) in [5.74, 6) is 1.00. The Labute approximate surface area is 166 Å². The van der Waals surface area contributed by atoms with Gasteiger partial charge in [0.05, 0.1) is 17.7 Å². The third kappa shape index (κ3) is 4.93. The number of nitrogens with zero attached hydrogens (tertiary/aromatic N) is 1. The number of thioether (sulfide) groups is 1. The van der Waals surface area contributed by atoms with Crippen LogP contribution in [0.25, 0.3) is 6.08 Å². The van der Waals surface area contributed by atoms with Crippen molar-refractivity contribution in [1.82, 2.24) is 5.32 Å². The van der Waals surface area contributed by atoms with Crippen molar-refractivity contribution in [3.8, 4) is 11.5 Å². The number of amides is 1. The standard InChI is InChI=1S/C20H17ClN2O3S/c1-3-9-26-16-8-7-13(10-17(16)25-2)11-18-19(24)23-20(27-18)22-15-6-4-5-14(21)12-15/h3-8,10-12H,1,9H2,2H3,(H,22,23,24)/b18-11+. The summed E-state index contributed by atoms with van der Waals surface area (Å²) in [6.07, 6.45) is 3.44. The van der Waals surface area contributed by atoms with Gasteiger partial charge in [-0.15, -0.1) is 0 Å². The van der Waals surface area contributed by atoms with Crippen LogP contribution in [0.15, 0.2) is 65.0 Å². The van der Waals surface area contributed by atoms with Gasteiger partial charge in [0.25, 0.3) is 5.91 Å². The lowest BCUT2D eigenvalue weighted by Gasteiger charge is -2.09. The van der Waals surface area contributed by atoms with Crippen LogP contribution in [-0.2, 0) is 4.79 Å². The molecule has 1 amide bonds. The lowest BCUT2D eigenvalue weighted by Crippen LogP contribution is -2.19. The number of carbonyl (C=O) groups excluding carboxylic acids is 1. The smallest absolute Gasteiger partial charge is 0.264 e. The van der Waals surface area contributed by atoms with Gasteiger partial charge in [0.1, 0.15) is 6.61 Å². The summed E-state index contributed by atoms with van der Waals surface area (Å²) >= 11 is 7.23. The monoisotopic (exact) mass is 400 g/mol. The third-order valence-corrected chi connectivity index (χ3v) is 4.68. The van der Waals surface area contributed by atoms with Gasteiger partial charge in [-0.25, -0.2) is 4.99 Å². The highest BCUT2D eigenvalue weighted by molar-refractivity contribution is 8.18. The fourth-order valence-electron chi connectivity index (χ4n) is 2.34. The molecule has 2 aromatic rings. The number of nitrogens with one attached hydrogen (secondary N) is 1. The molecule has 138 valence electrons. The van der Waals surface area contributed by atoms with Crippen LogP contribution in [0.3, 0.4) is 0 Å². The van der Waals surface area contributed by atoms with Gasteiger partial charge in [0, 0.05) is 5.02 Å². The first-order valence-electron chi connectivity index (χ1n) is 8.06. The molecule has 0 aliphatic carbocycles. The maximum Gasteiger partial charge on any atom is 0.264 e. The van der Waals surface area contributed by atoms with E-state index in [9.17, 15) is 4.79 Å². The Balaban J connectivity index is 1.81. The van der Waals surface area contributed by atoms with E-state index in [-0.39, 0.29) is 5.91 Å². The Morgan fingerprint density at radius 1 is 1.26 bits per heavy atom. The van der Waals surface area contributed by atoms with Gasteiger partial charge in [-0.3, -0.25) is 4.79 Å². The molecule has 1 fully saturated rings. The van der Waals surface area contributed by atoms with E-state index in [1.807, 2.05) is 24.3 Å². The van der Waals surface area contributed by atoms with E-state index in [4.69, 9.17) is 21.1 Å². The molecule has 1 N–H and O–H groups in total. The number of hydrogen-bond acceptors (Lipinski definition) is 5. The Hall–Kier alpha value is -2.70. The molecule has 1 heterocycles. The summed E-state index contributed by atoms with van der Waals surface area (Å²) in [4.78, 5) is 17.2. The molecule has 7 heteroatoms. The van der Waals surface area contributed by atoms with Crippen molar-refractivity contribution < 1.29 is 14.3 Å². The van der Waals surface area contributed by atoms with Crippen LogP contribution in [0.1, 0.15) is 5.56 Å². The van der Waals surface area contributed by atoms with Crippen LogP contribution >= 0.6 is 23.4 Å². The van der Waals surface area contributed by atoms with Crippen molar-refractivity contribution in [2.24, 2.45) is 4.99 Å². The normalized spacial score (nSPS) is 16.4. The highest BCUT2D eigenvalue weighted by Crippen LogP contribution is 2.32. The number of ether oxygens (including phenoxy) is 2. The average Bonchev–Trinajstić information content (AvgIpc) is 2.99. The molecular formula is C20H17ClN2O3S. The molecule has 0 unspecified atom stereocenters. The molecule has 0 atom stereocenters. The van der Waals surface area contributed by atoms with E-state index in [0.29, 0.717) is 38.9 Å². The molecule has 3 rings (SSSR count). The molecule has 0 radical (unpaired) electrons. The molecule has 1 saturated heterocycles. The lowest BCUT2D eigenvalue weighted by atomic mass is 10.2. The zero-order valence-corrected chi connectivity index (χ0v) is 16.1. The predicted octanol–water partition coefficient (Wildman–Crippen LogP) is 4.81.